The van der Waals surface area contributed by atoms with Gasteiger partial charge in [0.2, 0.25) is 0 Å². The number of hydrogen-bond acceptors (Lipinski definition) is 1. The normalized spacial score (nSPS) is 20.8. The van der Waals surface area contributed by atoms with Crippen LogP contribution < -0.4 is 4.90 Å². The summed E-state index contributed by atoms with van der Waals surface area (Å²) in [7, 11) is 0. The van der Waals surface area contributed by atoms with Crippen molar-refractivity contribution in [2.24, 2.45) is 11.8 Å². The molecule has 3 unspecified atom stereocenters. The van der Waals surface area contributed by atoms with Gasteiger partial charge in [-0.3, -0.25) is 0 Å². The van der Waals surface area contributed by atoms with Crippen LogP contribution in [-0.2, 0) is 5.41 Å². The van der Waals surface area contributed by atoms with Crippen LogP contribution in [0.1, 0.15) is 106 Å². The van der Waals surface area contributed by atoms with Crippen molar-refractivity contribution in [1.29, 1.82) is 0 Å². The summed E-state index contributed by atoms with van der Waals surface area (Å²) in [6.07, 6.45) is 12.3. The highest BCUT2D eigenvalue weighted by Gasteiger charge is 2.42. The molecular formula is C56H53N. The van der Waals surface area contributed by atoms with Crippen LogP contribution in [0, 0.1) is 11.8 Å². The van der Waals surface area contributed by atoms with Gasteiger partial charge in [0.25, 0.3) is 0 Å². The van der Waals surface area contributed by atoms with E-state index in [2.05, 4.69) is 170 Å². The zero-order chi connectivity index (χ0) is 38.1. The molecule has 7 aromatic carbocycles. The van der Waals surface area contributed by atoms with Gasteiger partial charge in [-0.25, -0.2) is 0 Å². The molecule has 0 spiro atoms. The van der Waals surface area contributed by atoms with Crippen molar-refractivity contribution in [3.05, 3.63) is 174 Å². The van der Waals surface area contributed by atoms with Gasteiger partial charge in [0.15, 0.2) is 0 Å². The fourth-order valence-corrected chi connectivity index (χ4v) is 12.1. The van der Waals surface area contributed by atoms with Crippen molar-refractivity contribution < 1.29 is 0 Å². The minimum Gasteiger partial charge on any atom is -0.309 e. The lowest BCUT2D eigenvalue weighted by molar-refractivity contribution is 0.422. The maximum atomic E-state index is 2.62. The van der Waals surface area contributed by atoms with Gasteiger partial charge in [0, 0.05) is 22.1 Å². The highest BCUT2D eigenvalue weighted by Crippen LogP contribution is 2.59. The second-order valence-electron chi connectivity index (χ2n) is 18.2. The zero-order valence-electron chi connectivity index (χ0n) is 33.6. The molecule has 3 fully saturated rings. The van der Waals surface area contributed by atoms with E-state index in [-0.39, 0.29) is 5.41 Å². The van der Waals surface area contributed by atoms with E-state index in [4.69, 9.17) is 0 Å². The van der Waals surface area contributed by atoms with Crippen LogP contribution in [0.15, 0.2) is 152 Å². The van der Waals surface area contributed by atoms with Crippen molar-refractivity contribution in [2.75, 3.05) is 4.90 Å². The van der Waals surface area contributed by atoms with E-state index in [1.165, 1.54) is 136 Å². The number of hydrogen-bond donors (Lipinski definition) is 0. The Morgan fingerprint density at radius 3 is 1.93 bits per heavy atom. The van der Waals surface area contributed by atoms with Crippen molar-refractivity contribution in [3.63, 3.8) is 0 Å². The van der Waals surface area contributed by atoms with Gasteiger partial charge in [-0.05, 0) is 135 Å². The van der Waals surface area contributed by atoms with E-state index in [1.54, 1.807) is 5.56 Å². The average Bonchev–Trinajstić information content (AvgIpc) is 3.97. The Balaban J connectivity index is 1.16. The van der Waals surface area contributed by atoms with Gasteiger partial charge in [0.1, 0.15) is 0 Å². The number of benzene rings is 7. The SMILES string of the molecule is CC1(C)c2cccc(-c3ccccc3)c2-c2ccc(N(c3ccc(C4CCCCC4)cc3)c3ccc(C4CC5CCC4C5)c4ccccc34)c(-c3ccccc3)c21. The summed E-state index contributed by atoms with van der Waals surface area (Å²) in [4.78, 5) is 2.62. The Labute approximate surface area is 339 Å². The summed E-state index contributed by atoms with van der Waals surface area (Å²) in [6, 6.07) is 58.2. The lowest BCUT2D eigenvalue weighted by Crippen LogP contribution is -2.19. The van der Waals surface area contributed by atoms with E-state index in [0.717, 1.165) is 11.8 Å². The summed E-state index contributed by atoms with van der Waals surface area (Å²) >= 11 is 0. The van der Waals surface area contributed by atoms with E-state index in [1.807, 2.05) is 0 Å². The largest absolute Gasteiger partial charge is 0.309 e. The van der Waals surface area contributed by atoms with Crippen LogP contribution in [-0.4, -0.2) is 0 Å². The maximum absolute atomic E-state index is 2.62. The molecule has 0 saturated heterocycles. The van der Waals surface area contributed by atoms with Crippen molar-refractivity contribution in [3.8, 4) is 33.4 Å². The molecule has 0 aromatic heterocycles. The number of fused-ring (bicyclic) bond motifs is 6. The first-order valence-corrected chi connectivity index (χ1v) is 21.9. The summed E-state index contributed by atoms with van der Waals surface area (Å²) in [5, 5.41) is 2.78. The summed E-state index contributed by atoms with van der Waals surface area (Å²) in [5.41, 5.74) is 17.3. The summed E-state index contributed by atoms with van der Waals surface area (Å²) in [5.74, 6) is 3.08. The molecular weight excluding hydrogens is 687 g/mol. The molecule has 0 heterocycles. The molecule has 57 heavy (non-hydrogen) atoms. The van der Waals surface area contributed by atoms with E-state index < -0.39 is 0 Å². The first-order chi connectivity index (χ1) is 28.0. The third-order valence-electron chi connectivity index (χ3n) is 14.7. The summed E-state index contributed by atoms with van der Waals surface area (Å²) in [6.45, 7) is 4.90. The molecule has 0 N–H and O–H groups in total. The second-order valence-corrected chi connectivity index (χ2v) is 18.2. The fourth-order valence-electron chi connectivity index (χ4n) is 12.1. The second kappa shape index (κ2) is 13.9. The van der Waals surface area contributed by atoms with Gasteiger partial charge in [-0.2, -0.15) is 0 Å². The van der Waals surface area contributed by atoms with Gasteiger partial charge >= 0.3 is 0 Å². The first kappa shape index (κ1) is 34.8. The molecule has 2 bridgehead atoms. The summed E-state index contributed by atoms with van der Waals surface area (Å²) < 4.78 is 0. The average molecular weight is 740 g/mol. The lowest BCUT2D eigenvalue weighted by Gasteiger charge is -2.33. The predicted octanol–water partition coefficient (Wildman–Crippen LogP) is 15.9. The van der Waals surface area contributed by atoms with Crippen LogP contribution in [0.2, 0.25) is 0 Å². The predicted molar refractivity (Wildman–Crippen MR) is 241 cm³/mol. The third kappa shape index (κ3) is 5.72. The molecule has 1 nitrogen and oxygen atoms in total. The Bertz CT molecular complexity index is 2590. The molecule has 4 aliphatic carbocycles. The highest BCUT2D eigenvalue weighted by molar-refractivity contribution is 6.05. The molecule has 4 aliphatic rings. The molecule has 282 valence electrons. The Morgan fingerprint density at radius 2 is 1.21 bits per heavy atom. The van der Waals surface area contributed by atoms with Crippen molar-refractivity contribution in [1.82, 2.24) is 0 Å². The third-order valence-corrected chi connectivity index (χ3v) is 14.7. The number of anilines is 3. The van der Waals surface area contributed by atoms with Crippen LogP contribution in [0.25, 0.3) is 44.2 Å². The van der Waals surface area contributed by atoms with Gasteiger partial charge in [-0.1, -0.05) is 167 Å². The zero-order valence-corrected chi connectivity index (χ0v) is 33.6. The molecule has 0 radical (unpaired) electrons. The number of rotatable bonds is 7. The molecule has 3 atom stereocenters. The van der Waals surface area contributed by atoms with Crippen LogP contribution in [0.3, 0.4) is 0 Å². The van der Waals surface area contributed by atoms with E-state index >= 15 is 0 Å². The van der Waals surface area contributed by atoms with Crippen LogP contribution >= 0.6 is 0 Å². The van der Waals surface area contributed by atoms with E-state index in [9.17, 15) is 0 Å². The Morgan fingerprint density at radius 1 is 0.509 bits per heavy atom. The number of nitrogens with zero attached hydrogens (tertiary/aromatic N) is 1. The van der Waals surface area contributed by atoms with Gasteiger partial charge in [-0.15, -0.1) is 0 Å². The maximum Gasteiger partial charge on any atom is 0.0543 e. The molecule has 11 rings (SSSR count). The lowest BCUT2D eigenvalue weighted by atomic mass is 9.78. The first-order valence-electron chi connectivity index (χ1n) is 21.9. The fraction of sp³-hybridized carbons (Fsp3) is 0.286. The van der Waals surface area contributed by atoms with Crippen LogP contribution in [0.4, 0.5) is 17.1 Å². The molecule has 3 saturated carbocycles. The quantitative estimate of drug-likeness (QED) is 0.157. The van der Waals surface area contributed by atoms with Crippen molar-refractivity contribution in [2.45, 2.75) is 88.9 Å². The van der Waals surface area contributed by atoms with Crippen molar-refractivity contribution >= 4 is 27.8 Å². The monoisotopic (exact) mass is 739 g/mol. The molecule has 0 aliphatic heterocycles. The minimum absolute atomic E-state index is 0.221. The topological polar surface area (TPSA) is 3.24 Å². The van der Waals surface area contributed by atoms with Gasteiger partial charge < -0.3 is 4.90 Å². The highest BCUT2D eigenvalue weighted by atomic mass is 15.1. The minimum atomic E-state index is -0.221. The molecule has 1 heteroatoms. The standard InChI is InChI=1S/C56H53N/c1-56(2)50-24-14-23-44(40-17-8-4-9-18-40)54(50)48-32-34-52(53(55(48)56)41-19-10-5-11-20-41)57(43-29-27-39(28-30-43)38-15-6-3-7-16-38)51-33-31-46(45-21-12-13-22-47(45)51)49-36-37-25-26-42(49)35-37/h4-5,8-14,17-24,27-34,37-38,42,49H,3,6-7,15-16,25-26,35-36H2,1-2H3. The Kier molecular flexibility index (Phi) is 8.50. The van der Waals surface area contributed by atoms with Gasteiger partial charge in [0.05, 0.1) is 11.4 Å². The molecule has 7 aromatic rings. The smallest absolute Gasteiger partial charge is 0.0543 e. The van der Waals surface area contributed by atoms with E-state index in [0.29, 0.717) is 11.8 Å². The Hall–Kier alpha value is -5.40. The van der Waals surface area contributed by atoms with Crippen LogP contribution in [0.5, 0.6) is 0 Å². The molecule has 0 amide bonds.